The number of hydrogen-bond donors (Lipinski definition) is 1. The second kappa shape index (κ2) is 7.87. The lowest BCUT2D eigenvalue weighted by molar-refractivity contribution is 0.0493. The Morgan fingerprint density at radius 2 is 1.77 bits per heavy atom. The van der Waals surface area contributed by atoms with Crippen molar-refractivity contribution in [3.05, 3.63) is 29.8 Å². The van der Waals surface area contributed by atoms with Gasteiger partial charge in [0.15, 0.2) is 0 Å². The van der Waals surface area contributed by atoms with Crippen molar-refractivity contribution in [3.8, 4) is 5.75 Å². The Kier molecular flexibility index (Phi) is 5.95. The van der Waals surface area contributed by atoms with E-state index in [9.17, 15) is 0 Å². The molecule has 0 unspecified atom stereocenters. The molecular weight excluding hydrogens is 324 g/mol. The maximum absolute atomic E-state index is 5.65. The highest BCUT2D eigenvalue weighted by Crippen LogP contribution is 2.33. The lowest BCUT2D eigenvalue weighted by Crippen LogP contribution is -2.62. The number of rotatable bonds is 6. The molecule has 2 saturated heterocycles. The molecule has 26 heavy (non-hydrogen) atoms. The SMILES string of the molecule is COc1ccc(CN(C[C@@H]2CCOC2)C2CC(C)(C)NC(C)(C)C2)cc1. The predicted molar refractivity (Wildman–Crippen MR) is 107 cm³/mol. The molecule has 0 bridgehead atoms. The van der Waals surface area contributed by atoms with Crippen LogP contribution in [0, 0.1) is 5.92 Å². The van der Waals surface area contributed by atoms with E-state index in [0.29, 0.717) is 12.0 Å². The molecule has 0 aromatic heterocycles. The van der Waals surface area contributed by atoms with Gasteiger partial charge in [-0.3, -0.25) is 4.90 Å². The second-order valence-electron chi connectivity index (χ2n) is 9.46. The van der Waals surface area contributed by atoms with Crippen LogP contribution >= 0.6 is 0 Å². The van der Waals surface area contributed by atoms with Gasteiger partial charge in [0.05, 0.1) is 13.7 Å². The average Bonchev–Trinajstić information content (AvgIpc) is 3.05. The van der Waals surface area contributed by atoms with Crippen molar-refractivity contribution in [3.63, 3.8) is 0 Å². The minimum absolute atomic E-state index is 0.163. The predicted octanol–water partition coefficient (Wildman–Crippen LogP) is 3.84. The third-order valence-corrected chi connectivity index (χ3v) is 5.75. The molecule has 1 atom stereocenters. The van der Waals surface area contributed by atoms with Gasteiger partial charge in [-0.25, -0.2) is 0 Å². The molecule has 2 fully saturated rings. The van der Waals surface area contributed by atoms with E-state index in [0.717, 1.165) is 32.1 Å². The average molecular weight is 361 g/mol. The van der Waals surface area contributed by atoms with Gasteiger partial charge in [0.25, 0.3) is 0 Å². The van der Waals surface area contributed by atoms with Crippen LogP contribution in [0.5, 0.6) is 5.75 Å². The normalized spacial score (nSPS) is 25.5. The number of hydrogen-bond acceptors (Lipinski definition) is 4. The zero-order valence-corrected chi connectivity index (χ0v) is 17.2. The summed E-state index contributed by atoms with van der Waals surface area (Å²) in [4.78, 5) is 2.71. The van der Waals surface area contributed by atoms with E-state index in [4.69, 9.17) is 9.47 Å². The fourth-order valence-corrected chi connectivity index (χ4v) is 4.89. The number of nitrogens with zero attached hydrogens (tertiary/aromatic N) is 1. The molecule has 146 valence electrons. The number of benzene rings is 1. The molecule has 3 rings (SSSR count). The fraction of sp³-hybridized carbons (Fsp3) is 0.727. The van der Waals surface area contributed by atoms with E-state index in [1.807, 2.05) is 0 Å². The van der Waals surface area contributed by atoms with Crippen molar-refractivity contribution >= 4 is 0 Å². The van der Waals surface area contributed by atoms with E-state index >= 15 is 0 Å². The van der Waals surface area contributed by atoms with Gasteiger partial charge < -0.3 is 14.8 Å². The Morgan fingerprint density at radius 3 is 2.31 bits per heavy atom. The van der Waals surface area contributed by atoms with Crippen LogP contribution in [0.25, 0.3) is 0 Å². The van der Waals surface area contributed by atoms with Crippen molar-refractivity contribution in [1.29, 1.82) is 0 Å². The molecule has 0 radical (unpaired) electrons. The van der Waals surface area contributed by atoms with Gasteiger partial charge in [-0.15, -0.1) is 0 Å². The molecule has 0 aliphatic carbocycles. The Morgan fingerprint density at radius 1 is 1.12 bits per heavy atom. The summed E-state index contributed by atoms with van der Waals surface area (Å²) in [6.07, 6.45) is 3.55. The van der Waals surface area contributed by atoms with E-state index in [1.54, 1.807) is 7.11 Å². The summed E-state index contributed by atoms with van der Waals surface area (Å²) in [5.41, 5.74) is 1.69. The smallest absolute Gasteiger partial charge is 0.118 e. The summed E-state index contributed by atoms with van der Waals surface area (Å²) in [7, 11) is 1.72. The van der Waals surface area contributed by atoms with Crippen molar-refractivity contribution in [2.45, 2.75) is 70.6 Å². The van der Waals surface area contributed by atoms with Gasteiger partial charge in [-0.2, -0.15) is 0 Å². The van der Waals surface area contributed by atoms with Crippen LogP contribution in [-0.2, 0) is 11.3 Å². The standard InChI is InChI=1S/C22H36N2O2/c1-21(2)12-19(13-22(3,4)23-21)24(15-18-10-11-26-16-18)14-17-6-8-20(25-5)9-7-17/h6-9,18-19,23H,10-16H2,1-5H3/t18-/m0/s1. The number of piperidine rings is 1. The molecule has 2 heterocycles. The van der Waals surface area contributed by atoms with Gasteiger partial charge in [-0.05, 0) is 70.6 Å². The lowest BCUT2D eigenvalue weighted by atomic mass is 9.78. The molecule has 4 heteroatoms. The molecule has 1 aromatic rings. The molecule has 2 aliphatic heterocycles. The first kappa shape index (κ1) is 19.7. The minimum Gasteiger partial charge on any atom is -0.497 e. The summed E-state index contributed by atoms with van der Waals surface area (Å²) in [5.74, 6) is 1.59. The van der Waals surface area contributed by atoms with Crippen molar-refractivity contribution in [1.82, 2.24) is 10.2 Å². The van der Waals surface area contributed by atoms with Crippen molar-refractivity contribution in [2.75, 3.05) is 26.9 Å². The molecule has 1 aromatic carbocycles. The first-order valence-corrected chi connectivity index (χ1v) is 10.0. The van der Waals surface area contributed by atoms with Gasteiger partial charge in [0.1, 0.15) is 5.75 Å². The molecule has 1 N–H and O–H groups in total. The Balaban J connectivity index is 1.77. The monoisotopic (exact) mass is 360 g/mol. The zero-order chi connectivity index (χ0) is 18.8. The lowest BCUT2D eigenvalue weighted by Gasteiger charge is -2.50. The summed E-state index contributed by atoms with van der Waals surface area (Å²) in [5, 5.41) is 3.82. The third kappa shape index (κ3) is 5.21. The third-order valence-electron chi connectivity index (χ3n) is 5.75. The van der Waals surface area contributed by atoms with E-state index in [2.05, 4.69) is 62.2 Å². The maximum atomic E-state index is 5.65. The largest absolute Gasteiger partial charge is 0.497 e. The number of nitrogens with one attached hydrogen (secondary N) is 1. The van der Waals surface area contributed by atoms with E-state index in [-0.39, 0.29) is 11.1 Å². The van der Waals surface area contributed by atoms with E-state index in [1.165, 1.54) is 24.8 Å². The first-order valence-electron chi connectivity index (χ1n) is 10.0. The minimum atomic E-state index is 0.163. The summed E-state index contributed by atoms with van der Waals surface area (Å²) < 4.78 is 11.0. The van der Waals surface area contributed by atoms with Crippen LogP contribution < -0.4 is 10.1 Å². The van der Waals surface area contributed by atoms with Crippen LogP contribution in [0.3, 0.4) is 0 Å². The van der Waals surface area contributed by atoms with Crippen LogP contribution in [0.1, 0.15) is 52.5 Å². The van der Waals surface area contributed by atoms with Gasteiger partial charge in [-0.1, -0.05) is 12.1 Å². The van der Waals surface area contributed by atoms with E-state index < -0.39 is 0 Å². The highest BCUT2D eigenvalue weighted by molar-refractivity contribution is 5.27. The van der Waals surface area contributed by atoms with Crippen molar-refractivity contribution in [2.24, 2.45) is 5.92 Å². The molecule has 0 saturated carbocycles. The zero-order valence-electron chi connectivity index (χ0n) is 17.2. The van der Waals surface area contributed by atoms with Crippen LogP contribution in [0.2, 0.25) is 0 Å². The summed E-state index contributed by atoms with van der Waals surface area (Å²) in [6, 6.07) is 9.14. The van der Waals surface area contributed by atoms with Gasteiger partial charge in [0, 0.05) is 36.8 Å². The Bertz CT molecular complexity index is 560. The molecular formula is C22H36N2O2. The summed E-state index contributed by atoms with van der Waals surface area (Å²) in [6.45, 7) is 13.3. The number of methoxy groups -OCH3 is 1. The highest BCUT2D eigenvalue weighted by Gasteiger charge is 2.40. The molecule has 4 nitrogen and oxygen atoms in total. The quantitative estimate of drug-likeness (QED) is 0.836. The van der Waals surface area contributed by atoms with Crippen LogP contribution in [-0.4, -0.2) is 48.9 Å². The topological polar surface area (TPSA) is 33.7 Å². The van der Waals surface area contributed by atoms with Gasteiger partial charge >= 0.3 is 0 Å². The maximum Gasteiger partial charge on any atom is 0.118 e. The number of ether oxygens (including phenoxy) is 2. The Labute approximate surface area is 159 Å². The van der Waals surface area contributed by atoms with Crippen LogP contribution in [0.15, 0.2) is 24.3 Å². The van der Waals surface area contributed by atoms with Gasteiger partial charge in [0.2, 0.25) is 0 Å². The Hall–Kier alpha value is -1.10. The molecule has 2 aliphatic rings. The molecule has 0 spiro atoms. The van der Waals surface area contributed by atoms with Crippen molar-refractivity contribution < 1.29 is 9.47 Å². The second-order valence-corrected chi connectivity index (χ2v) is 9.46. The summed E-state index contributed by atoms with van der Waals surface area (Å²) >= 11 is 0. The van der Waals surface area contributed by atoms with Crippen LogP contribution in [0.4, 0.5) is 0 Å². The molecule has 0 amide bonds. The first-order chi connectivity index (χ1) is 12.3. The fourth-order valence-electron chi connectivity index (χ4n) is 4.89. The highest BCUT2D eigenvalue weighted by atomic mass is 16.5.